The maximum absolute atomic E-state index is 13.3. The van der Waals surface area contributed by atoms with Gasteiger partial charge in [0.25, 0.3) is 5.91 Å². The zero-order chi connectivity index (χ0) is 27.3. The van der Waals surface area contributed by atoms with Crippen molar-refractivity contribution in [3.8, 4) is 0 Å². The zero-order valence-corrected chi connectivity index (χ0v) is 22.7. The summed E-state index contributed by atoms with van der Waals surface area (Å²) >= 11 is 0. The number of amides is 2. The molecule has 3 aliphatic heterocycles. The van der Waals surface area contributed by atoms with Crippen molar-refractivity contribution in [3.05, 3.63) is 59.2 Å². The number of likely N-dealkylation sites (tertiary alicyclic amines) is 3. The van der Waals surface area contributed by atoms with Crippen molar-refractivity contribution in [1.82, 2.24) is 24.7 Å². The van der Waals surface area contributed by atoms with Crippen LogP contribution >= 0.6 is 0 Å². The fraction of sp³-hybridized carbons (Fsp3) is 0.600. The van der Waals surface area contributed by atoms with Gasteiger partial charge >= 0.3 is 0 Å². The Labute approximate surface area is 228 Å². The number of alkyl halides is 2. The predicted octanol–water partition coefficient (Wildman–Crippen LogP) is 3.77. The smallest absolute Gasteiger partial charge is 0.257 e. The summed E-state index contributed by atoms with van der Waals surface area (Å²) in [7, 11) is 0. The van der Waals surface area contributed by atoms with Crippen LogP contribution in [0.3, 0.4) is 0 Å². The summed E-state index contributed by atoms with van der Waals surface area (Å²) in [4.78, 5) is 40.6. The zero-order valence-electron chi connectivity index (χ0n) is 22.7. The molecule has 1 aliphatic carbocycles. The van der Waals surface area contributed by atoms with Gasteiger partial charge in [-0.2, -0.15) is 0 Å². The Morgan fingerprint density at radius 1 is 0.923 bits per heavy atom. The minimum atomic E-state index is -2.66. The minimum absolute atomic E-state index is 0.0467. The number of carbonyl (C=O) groups excluding carboxylic acids is 2. The Bertz CT molecular complexity index is 1190. The van der Waals surface area contributed by atoms with E-state index in [1.54, 1.807) is 4.90 Å². The molecule has 2 amide bonds. The Morgan fingerprint density at radius 2 is 1.54 bits per heavy atom. The van der Waals surface area contributed by atoms with Crippen LogP contribution in [0.2, 0.25) is 0 Å². The molecule has 0 spiro atoms. The van der Waals surface area contributed by atoms with Gasteiger partial charge in [-0.15, -0.1) is 0 Å². The van der Waals surface area contributed by atoms with Crippen LogP contribution in [-0.4, -0.2) is 88.2 Å². The van der Waals surface area contributed by atoms with E-state index in [1.807, 2.05) is 24.8 Å². The Hall–Kier alpha value is -2.94. The normalized spacial score (nSPS) is 25.7. The highest BCUT2D eigenvalue weighted by molar-refractivity contribution is 5.96. The van der Waals surface area contributed by atoms with Crippen LogP contribution in [0.1, 0.15) is 52.5 Å². The number of benzene rings is 1. The summed E-state index contributed by atoms with van der Waals surface area (Å²) in [5.41, 5.74) is 3.40. The molecule has 1 aromatic carbocycles. The van der Waals surface area contributed by atoms with E-state index < -0.39 is 11.8 Å². The topological polar surface area (TPSA) is 69.6 Å². The average molecular weight is 538 g/mol. The highest BCUT2D eigenvalue weighted by Gasteiger charge is 2.51. The number of hydrogen-bond acceptors (Lipinski definition) is 5. The van der Waals surface area contributed by atoms with Crippen LogP contribution in [0.15, 0.2) is 36.7 Å². The summed E-state index contributed by atoms with van der Waals surface area (Å²) < 4.78 is 26.5. The Morgan fingerprint density at radius 3 is 2.13 bits per heavy atom. The molecule has 39 heavy (non-hydrogen) atoms. The lowest BCUT2D eigenvalue weighted by atomic mass is 9.76. The molecule has 3 saturated heterocycles. The van der Waals surface area contributed by atoms with Crippen LogP contribution in [0.25, 0.3) is 0 Å². The maximum atomic E-state index is 13.3. The van der Waals surface area contributed by atoms with Crippen LogP contribution in [0, 0.1) is 37.5 Å². The number of halogens is 2. The molecule has 0 N–H and O–H groups in total. The Kier molecular flexibility index (Phi) is 6.90. The lowest BCUT2D eigenvalue weighted by Crippen LogP contribution is -2.57. The van der Waals surface area contributed by atoms with Crippen LogP contribution in [0.5, 0.6) is 0 Å². The largest absolute Gasteiger partial charge is 0.342 e. The summed E-state index contributed by atoms with van der Waals surface area (Å²) in [6.07, 6.45) is 1.91. The fourth-order valence-corrected chi connectivity index (χ4v) is 7.24. The van der Waals surface area contributed by atoms with Gasteiger partial charge in [-0.05, 0) is 50.1 Å². The molecule has 0 radical (unpaired) electrons. The van der Waals surface area contributed by atoms with Crippen molar-refractivity contribution in [1.29, 1.82) is 0 Å². The lowest BCUT2D eigenvalue weighted by molar-refractivity contribution is -0.165. The third-order valence-corrected chi connectivity index (χ3v) is 9.50. The lowest BCUT2D eigenvalue weighted by Gasteiger charge is -2.47. The van der Waals surface area contributed by atoms with E-state index in [-0.39, 0.29) is 24.7 Å². The molecule has 4 heterocycles. The molecule has 4 fully saturated rings. The number of aryl methyl sites for hydroxylation is 2. The Balaban J connectivity index is 1.03. The first-order chi connectivity index (χ1) is 18.7. The molecule has 2 aromatic rings. The van der Waals surface area contributed by atoms with Gasteiger partial charge < -0.3 is 14.7 Å². The molecule has 1 saturated carbocycles. The highest BCUT2D eigenvalue weighted by atomic mass is 19.3. The molecule has 208 valence electrons. The summed E-state index contributed by atoms with van der Waals surface area (Å²) in [5.74, 6) is -1.57. The fourth-order valence-electron chi connectivity index (χ4n) is 7.24. The van der Waals surface area contributed by atoms with Gasteiger partial charge in [-0.25, -0.2) is 18.7 Å². The number of rotatable bonds is 7. The molecule has 6 rings (SSSR count). The van der Waals surface area contributed by atoms with Crippen molar-refractivity contribution in [2.24, 2.45) is 23.7 Å². The van der Waals surface area contributed by atoms with E-state index in [2.05, 4.69) is 39.1 Å². The molecule has 7 nitrogen and oxygen atoms in total. The third kappa shape index (κ3) is 5.17. The van der Waals surface area contributed by atoms with Gasteiger partial charge in [-0.1, -0.05) is 30.3 Å². The first-order valence-corrected chi connectivity index (χ1v) is 14.2. The molecule has 1 aromatic heterocycles. The second-order valence-corrected chi connectivity index (χ2v) is 12.2. The van der Waals surface area contributed by atoms with E-state index in [9.17, 15) is 18.4 Å². The highest BCUT2D eigenvalue weighted by Crippen LogP contribution is 2.45. The molecule has 0 bridgehead atoms. The summed E-state index contributed by atoms with van der Waals surface area (Å²) in [6.45, 7) is 9.56. The van der Waals surface area contributed by atoms with Crippen molar-refractivity contribution in [2.75, 3.05) is 45.8 Å². The number of carbonyl (C=O) groups is 2. The molecule has 4 aliphatic rings. The number of hydrogen-bond donors (Lipinski definition) is 0. The SMILES string of the molecule is Cc1ncnc(C)c1C(=O)N1CC2CN(CCC(c3ccccc3)C3CN(C(=O)C4CC(F)(F)C4)C3)CC2C1. The van der Waals surface area contributed by atoms with Crippen molar-refractivity contribution in [3.63, 3.8) is 0 Å². The van der Waals surface area contributed by atoms with Crippen LogP contribution < -0.4 is 0 Å². The molecule has 9 heteroatoms. The standard InChI is InChI=1S/C30H37F2N5O2/c1-19-27(20(2)34-18-33-19)29(39)37-14-23-12-35(13-24(23)15-37)9-8-26(21-6-4-3-5-7-21)25-16-36(17-25)28(38)22-10-30(31,32)11-22/h3-7,18,22-26H,8-17H2,1-2H3. The molecule has 3 unspecified atom stereocenters. The van der Waals surface area contributed by atoms with Crippen LogP contribution in [-0.2, 0) is 4.79 Å². The quantitative estimate of drug-likeness (QED) is 0.538. The van der Waals surface area contributed by atoms with Crippen LogP contribution in [0.4, 0.5) is 8.78 Å². The summed E-state index contributed by atoms with van der Waals surface area (Å²) in [6, 6.07) is 10.5. The number of aromatic nitrogens is 2. The van der Waals surface area contributed by atoms with E-state index >= 15 is 0 Å². The second-order valence-electron chi connectivity index (χ2n) is 12.2. The third-order valence-electron chi connectivity index (χ3n) is 9.50. The van der Waals surface area contributed by atoms with Gasteiger partial charge in [0, 0.05) is 63.9 Å². The minimum Gasteiger partial charge on any atom is -0.342 e. The van der Waals surface area contributed by atoms with Gasteiger partial charge in [0.05, 0.1) is 17.0 Å². The average Bonchev–Trinajstić information content (AvgIpc) is 3.43. The second kappa shape index (κ2) is 10.2. The number of nitrogens with zero attached hydrogens (tertiary/aromatic N) is 5. The first-order valence-electron chi connectivity index (χ1n) is 14.2. The monoisotopic (exact) mass is 537 g/mol. The first kappa shape index (κ1) is 26.3. The van der Waals surface area contributed by atoms with Crippen molar-refractivity contribution >= 4 is 11.8 Å². The predicted molar refractivity (Wildman–Crippen MR) is 142 cm³/mol. The number of fused-ring (bicyclic) bond motifs is 1. The van der Waals surface area contributed by atoms with Gasteiger partial charge in [0.2, 0.25) is 11.8 Å². The van der Waals surface area contributed by atoms with Crippen molar-refractivity contribution < 1.29 is 18.4 Å². The van der Waals surface area contributed by atoms with Gasteiger partial charge in [0.15, 0.2) is 0 Å². The van der Waals surface area contributed by atoms with Crippen molar-refractivity contribution in [2.45, 2.75) is 45.0 Å². The van der Waals surface area contributed by atoms with E-state index in [0.717, 1.165) is 50.5 Å². The van der Waals surface area contributed by atoms with Gasteiger partial charge in [0.1, 0.15) is 6.33 Å². The van der Waals surface area contributed by atoms with Gasteiger partial charge in [-0.3, -0.25) is 9.59 Å². The maximum Gasteiger partial charge on any atom is 0.257 e. The molecular formula is C30H37F2N5O2. The van der Waals surface area contributed by atoms with E-state index in [0.29, 0.717) is 42.3 Å². The van der Waals surface area contributed by atoms with E-state index in [1.165, 1.54) is 11.9 Å². The molecular weight excluding hydrogens is 500 g/mol. The molecule has 3 atom stereocenters. The summed E-state index contributed by atoms with van der Waals surface area (Å²) in [5, 5.41) is 0. The van der Waals surface area contributed by atoms with E-state index in [4.69, 9.17) is 0 Å².